The number of methoxy groups -OCH3 is 1. The summed E-state index contributed by atoms with van der Waals surface area (Å²) in [4.78, 5) is 0. The predicted molar refractivity (Wildman–Crippen MR) is 84.9 cm³/mol. The summed E-state index contributed by atoms with van der Waals surface area (Å²) < 4.78 is 6.03. The second kappa shape index (κ2) is 6.36. The molecular formula is C14H10BrCl3O. The van der Waals surface area contributed by atoms with Gasteiger partial charge in [0.1, 0.15) is 5.75 Å². The minimum atomic E-state index is -0.357. The Balaban J connectivity index is 2.38. The van der Waals surface area contributed by atoms with Crippen LogP contribution in [0.4, 0.5) is 0 Å². The van der Waals surface area contributed by atoms with Crippen molar-refractivity contribution in [2.24, 2.45) is 0 Å². The van der Waals surface area contributed by atoms with Crippen LogP contribution in [-0.2, 0) is 0 Å². The first-order valence-electron chi connectivity index (χ1n) is 5.45. The Morgan fingerprint density at radius 2 is 1.79 bits per heavy atom. The lowest BCUT2D eigenvalue weighted by Crippen LogP contribution is -1.95. The van der Waals surface area contributed by atoms with Crippen LogP contribution in [0.1, 0.15) is 16.5 Å². The fraction of sp³-hybridized carbons (Fsp3) is 0.143. The van der Waals surface area contributed by atoms with E-state index in [9.17, 15) is 0 Å². The van der Waals surface area contributed by atoms with E-state index in [0.29, 0.717) is 15.8 Å². The van der Waals surface area contributed by atoms with Crippen molar-refractivity contribution in [2.45, 2.75) is 5.38 Å². The molecule has 0 N–H and O–H groups in total. The van der Waals surface area contributed by atoms with E-state index in [1.54, 1.807) is 19.2 Å². The van der Waals surface area contributed by atoms with E-state index in [1.165, 1.54) is 0 Å². The molecule has 0 aliphatic heterocycles. The van der Waals surface area contributed by atoms with Crippen LogP contribution in [0.15, 0.2) is 40.9 Å². The molecule has 1 nitrogen and oxygen atoms in total. The summed E-state index contributed by atoms with van der Waals surface area (Å²) in [6, 6.07) is 11.1. The smallest absolute Gasteiger partial charge is 0.137 e. The quantitative estimate of drug-likeness (QED) is 0.585. The fourth-order valence-electron chi connectivity index (χ4n) is 1.73. The Morgan fingerprint density at radius 3 is 2.37 bits per heavy atom. The Bertz CT molecular complexity index is 601. The number of benzene rings is 2. The van der Waals surface area contributed by atoms with Crippen LogP contribution in [0.25, 0.3) is 0 Å². The van der Waals surface area contributed by atoms with Crippen molar-refractivity contribution in [1.29, 1.82) is 0 Å². The maximum Gasteiger partial charge on any atom is 0.137 e. The van der Waals surface area contributed by atoms with Gasteiger partial charge in [0, 0.05) is 9.50 Å². The summed E-state index contributed by atoms with van der Waals surface area (Å²) in [7, 11) is 1.57. The summed E-state index contributed by atoms with van der Waals surface area (Å²) in [6.07, 6.45) is 0. The highest BCUT2D eigenvalue weighted by Crippen LogP contribution is 2.37. The van der Waals surface area contributed by atoms with Crippen LogP contribution in [0, 0.1) is 0 Å². The Kier molecular flexibility index (Phi) is 5.02. The minimum Gasteiger partial charge on any atom is -0.495 e. The lowest BCUT2D eigenvalue weighted by Gasteiger charge is -2.14. The zero-order chi connectivity index (χ0) is 14.0. The van der Waals surface area contributed by atoms with Gasteiger partial charge in [-0.15, -0.1) is 11.6 Å². The third-order valence-corrected chi connectivity index (χ3v) is 4.31. The maximum absolute atomic E-state index is 6.46. The van der Waals surface area contributed by atoms with Gasteiger partial charge in [-0.3, -0.25) is 0 Å². The summed E-state index contributed by atoms with van der Waals surface area (Å²) in [5.41, 5.74) is 1.71. The molecule has 0 radical (unpaired) electrons. The molecular weight excluding hydrogens is 370 g/mol. The van der Waals surface area contributed by atoms with Gasteiger partial charge in [0.25, 0.3) is 0 Å². The van der Waals surface area contributed by atoms with E-state index in [0.717, 1.165) is 15.6 Å². The average Bonchev–Trinajstić information content (AvgIpc) is 2.38. The van der Waals surface area contributed by atoms with Gasteiger partial charge in [-0.25, -0.2) is 0 Å². The van der Waals surface area contributed by atoms with Gasteiger partial charge in [0.2, 0.25) is 0 Å². The second-order valence-corrected chi connectivity index (χ2v) is 6.09. The first kappa shape index (κ1) is 15.0. The predicted octanol–water partition coefficient (Wildman–Crippen LogP) is 6.09. The van der Waals surface area contributed by atoms with Gasteiger partial charge in [0.15, 0.2) is 0 Å². The van der Waals surface area contributed by atoms with Crippen LogP contribution in [0.2, 0.25) is 10.0 Å². The third kappa shape index (κ3) is 3.38. The van der Waals surface area contributed by atoms with E-state index in [-0.39, 0.29) is 5.38 Å². The Labute approximate surface area is 135 Å². The molecule has 0 aliphatic rings. The van der Waals surface area contributed by atoms with Crippen molar-refractivity contribution in [3.8, 4) is 5.75 Å². The largest absolute Gasteiger partial charge is 0.495 e. The number of hydrogen-bond donors (Lipinski definition) is 0. The van der Waals surface area contributed by atoms with Crippen LogP contribution in [0.3, 0.4) is 0 Å². The van der Waals surface area contributed by atoms with Crippen molar-refractivity contribution in [3.63, 3.8) is 0 Å². The SMILES string of the molecule is COc1ccc(C(Cl)c2ccc(Br)cc2Cl)cc1Cl. The summed E-state index contributed by atoms with van der Waals surface area (Å²) in [6.45, 7) is 0. The molecule has 0 aliphatic carbocycles. The van der Waals surface area contributed by atoms with Crippen LogP contribution < -0.4 is 4.74 Å². The molecule has 0 saturated heterocycles. The molecule has 0 amide bonds. The lowest BCUT2D eigenvalue weighted by molar-refractivity contribution is 0.415. The minimum absolute atomic E-state index is 0.357. The normalized spacial score (nSPS) is 12.3. The highest BCUT2D eigenvalue weighted by molar-refractivity contribution is 9.10. The standard InChI is InChI=1S/C14H10BrCl3O/c1-19-13-5-2-8(6-12(13)17)14(18)10-4-3-9(15)7-11(10)16/h2-7,14H,1H3. The molecule has 2 aromatic carbocycles. The number of halogens is 4. The Hall–Kier alpha value is -0.410. The summed E-state index contributed by atoms with van der Waals surface area (Å²) >= 11 is 22.1. The van der Waals surface area contributed by atoms with Crippen molar-refractivity contribution < 1.29 is 4.74 Å². The molecule has 1 unspecified atom stereocenters. The van der Waals surface area contributed by atoms with E-state index < -0.39 is 0 Å². The van der Waals surface area contributed by atoms with E-state index in [4.69, 9.17) is 39.5 Å². The molecule has 5 heteroatoms. The number of rotatable bonds is 3. The molecule has 0 fully saturated rings. The Morgan fingerprint density at radius 1 is 1.05 bits per heavy atom. The molecule has 0 heterocycles. The zero-order valence-electron chi connectivity index (χ0n) is 9.96. The van der Waals surface area contributed by atoms with Gasteiger partial charge in [0.05, 0.1) is 17.5 Å². The lowest BCUT2D eigenvalue weighted by atomic mass is 10.0. The van der Waals surface area contributed by atoms with Crippen molar-refractivity contribution in [2.75, 3.05) is 7.11 Å². The van der Waals surface area contributed by atoms with Gasteiger partial charge in [-0.05, 0) is 35.4 Å². The fourth-order valence-corrected chi connectivity index (χ4v) is 3.16. The van der Waals surface area contributed by atoms with Crippen molar-refractivity contribution in [1.82, 2.24) is 0 Å². The van der Waals surface area contributed by atoms with Gasteiger partial charge < -0.3 is 4.74 Å². The molecule has 2 aromatic rings. The molecule has 0 bridgehead atoms. The van der Waals surface area contributed by atoms with Gasteiger partial charge in [-0.2, -0.15) is 0 Å². The molecule has 1 atom stereocenters. The van der Waals surface area contributed by atoms with Gasteiger partial charge in [-0.1, -0.05) is 51.3 Å². The van der Waals surface area contributed by atoms with Crippen molar-refractivity contribution in [3.05, 3.63) is 62.0 Å². The number of ether oxygens (including phenoxy) is 1. The van der Waals surface area contributed by atoms with Crippen LogP contribution in [-0.4, -0.2) is 7.11 Å². The molecule has 0 aromatic heterocycles. The van der Waals surface area contributed by atoms with Crippen molar-refractivity contribution >= 4 is 50.7 Å². The van der Waals surface area contributed by atoms with E-state index in [2.05, 4.69) is 15.9 Å². The molecule has 100 valence electrons. The monoisotopic (exact) mass is 378 g/mol. The number of alkyl halides is 1. The van der Waals surface area contributed by atoms with Crippen LogP contribution in [0.5, 0.6) is 5.75 Å². The van der Waals surface area contributed by atoms with Gasteiger partial charge >= 0.3 is 0 Å². The first-order valence-corrected chi connectivity index (χ1v) is 7.44. The topological polar surface area (TPSA) is 9.23 Å². The summed E-state index contributed by atoms with van der Waals surface area (Å²) in [5, 5.41) is 0.782. The highest BCUT2D eigenvalue weighted by Gasteiger charge is 2.16. The first-order chi connectivity index (χ1) is 9.02. The molecule has 19 heavy (non-hydrogen) atoms. The van der Waals surface area contributed by atoms with Crippen LogP contribution >= 0.6 is 50.7 Å². The summed E-state index contributed by atoms with van der Waals surface area (Å²) in [5.74, 6) is 0.621. The molecule has 0 spiro atoms. The highest BCUT2D eigenvalue weighted by atomic mass is 79.9. The third-order valence-electron chi connectivity index (χ3n) is 2.70. The van der Waals surface area contributed by atoms with E-state index in [1.807, 2.05) is 24.3 Å². The average molecular weight is 380 g/mol. The maximum atomic E-state index is 6.46. The second-order valence-electron chi connectivity index (χ2n) is 3.92. The molecule has 2 rings (SSSR count). The molecule has 0 saturated carbocycles. The number of hydrogen-bond acceptors (Lipinski definition) is 1. The van der Waals surface area contributed by atoms with E-state index >= 15 is 0 Å². The zero-order valence-corrected chi connectivity index (χ0v) is 13.8.